The van der Waals surface area contributed by atoms with Crippen molar-refractivity contribution < 1.29 is 0 Å². The normalized spacial score (nSPS) is 12.5. The van der Waals surface area contributed by atoms with Crippen LogP contribution in [-0.2, 0) is 0 Å². The number of aromatic nitrogens is 2. The molecule has 4 heteroatoms. The van der Waals surface area contributed by atoms with E-state index in [4.69, 9.17) is 6.42 Å². The molecule has 2 aromatic rings. The molecule has 2 aromatic heterocycles. The van der Waals surface area contributed by atoms with Crippen molar-refractivity contribution in [3.63, 3.8) is 0 Å². The minimum atomic E-state index is 0.503. The lowest BCUT2D eigenvalue weighted by Gasteiger charge is -2.29. The molecule has 0 saturated carbocycles. The summed E-state index contributed by atoms with van der Waals surface area (Å²) >= 11 is 1.70. The average Bonchev–Trinajstić information content (AvgIpc) is 2.39. The molecule has 3 nitrogen and oxygen atoms in total. The molecule has 0 spiro atoms. The Morgan fingerprint density at radius 1 is 1.29 bits per heavy atom. The maximum absolute atomic E-state index is 5.43. The van der Waals surface area contributed by atoms with Gasteiger partial charge in [-0.15, -0.1) is 6.42 Å². The number of terminal acetylenes is 1. The first-order chi connectivity index (χ1) is 8.40. The fourth-order valence-electron chi connectivity index (χ4n) is 1.81. The van der Waals surface area contributed by atoms with Gasteiger partial charge in [-0.2, -0.15) is 0 Å². The molecule has 0 N–H and O–H groups in total. The predicted octanol–water partition coefficient (Wildman–Crippen LogP) is 2.71. The van der Waals surface area contributed by atoms with Crippen molar-refractivity contribution >= 4 is 23.3 Å². The van der Waals surface area contributed by atoms with E-state index in [0.29, 0.717) is 6.54 Å². The van der Waals surface area contributed by atoms with E-state index in [-0.39, 0.29) is 0 Å². The van der Waals surface area contributed by atoms with Gasteiger partial charge in [-0.3, -0.25) is 4.98 Å². The Morgan fingerprint density at radius 2 is 2.24 bits per heavy atom. The van der Waals surface area contributed by atoms with Gasteiger partial charge in [-0.25, -0.2) is 4.98 Å². The molecule has 0 atom stereocenters. The summed E-state index contributed by atoms with van der Waals surface area (Å²) in [4.78, 5) is 12.9. The summed E-state index contributed by atoms with van der Waals surface area (Å²) in [5, 5.41) is 0. The molecule has 0 saturated heterocycles. The number of pyridine rings is 2. The molecule has 3 rings (SSSR count). The molecule has 82 valence electrons. The van der Waals surface area contributed by atoms with Crippen LogP contribution in [0.5, 0.6) is 0 Å². The first kappa shape index (κ1) is 10.2. The molecular formula is C13H9N3S. The summed E-state index contributed by atoms with van der Waals surface area (Å²) in [6.07, 6.45) is 10.8. The van der Waals surface area contributed by atoms with E-state index < -0.39 is 0 Å². The van der Waals surface area contributed by atoms with Crippen LogP contribution in [0.3, 0.4) is 0 Å². The second kappa shape index (κ2) is 4.11. The number of nitrogens with zero attached hydrogens (tertiary/aromatic N) is 3. The van der Waals surface area contributed by atoms with Gasteiger partial charge in [0.2, 0.25) is 0 Å². The molecule has 0 aromatic carbocycles. The van der Waals surface area contributed by atoms with Crippen molar-refractivity contribution in [2.24, 2.45) is 0 Å². The zero-order chi connectivity index (χ0) is 11.7. The van der Waals surface area contributed by atoms with Gasteiger partial charge in [0.1, 0.15) is 5.82 Å². The van der Waals surface area contributed by atoms with Crippen LogP contribution in [0.25, 0.3) is 0 Å². The molecule has 0 aliphatic carbocycles. The Labute approximate surface area is 104 Å². The van der Waals surface area contributed by atoms with Crippen LogP contribution in [0, 0.1) is 12.3 Å². The van der Waals surface area contributed by atoms with Crippen molar-refractivity contribution in [3.8, 4) is 12.3 Å². The van der Waals surface area contributed by atoms with E-state index in [1.54, 1.807) is 24.2 Å². The standard InChI is InChI=1S/C13H9N3S/c1-2-8-16-10-9-14-7-5-11(10)17-12-4-3-6-15-13(12)16/h1,3-7,9H,8H2. The Balaban J connectivity index is 2.18. The van der Waals surface area contributed by atoms with Crippen molar-refractivity contribution in [1.82, 2.24) is 9.97 Å². The third kappa shape index (κ3) is 1.65. The van der Waals surface area contributed by atoms with Gasteiger partial charge in [0, 0.05) is 17.3 Å². The Hall–Kier alpha value is -1.99. The highest BCUT2D eigenvalue weighted by Crippen LogP contribution is 2.46. The molecule has 1 aliphatic rings. The molecule has 3 heterocycles. The van der Waals surface area contributed by atoms with Crippen LogP contribution >= 0.6 is 11.8 Å². The first-order valence-corrected chi connectivity index (χ1v) is 5.99. The van der Waals surface area contributed by atoms with Crippen LogP contribution in [0.15, 0.2) is 46.6 Å². The maximum atomic E-state index is 5.43. The SMILES string of the molecule is C#CCN1c2cnccc2Sc2cccnc21. The van der Waals surface area contributed by atoms with Crippen LogP contribution in [-0.4, -0.2) is 16.5 Å². The number of fused-ring (bicyclic) bond motifs is 2. The van der Waals surface area contributed by atoms with Crippen molar-refractivity contribution in [2.75, 3.05) is 11.4 Å². The molecule has 0 unspecified atom stereocenters. The van der Waals surface area contributed by atoms with Gasteiger partial charge >= 0.3 is 0 Å². The number of rotatable bonds is 1. The molecule has 0 bridgehead atoms. The molecule has 17 heavy (non-hydrogen) atoms. The average molecular weight is 239 g/mol. The van der Waals surface area contributed by atoms with E-state index in [2.05, 4.69) is 22.0 Å². The lowest BCUT2D eigenvalue weighted by molar-refractivity contribution is 0.987. The van der Waals surface area contributed by atoms with Gasteiger partial charge in [-0.1, -0.05) is 17.7 Å². The van der Waals surface area contributed by atoms with E-state index in [9.17, 15) is 0 Å². The molecular weight excluding hydrogens is 230 g/mol. The highest BCUT2D eigenvalue weighted by atomic mass is 32.2. The van der Waals surface area contributed by atoms with E-state index in [1.807, 2.05) is 23.2 Å². The fourth-order valence-corrected chi connectivity index (χ4v) is 2.84. The number of hydrogen-bond acceptors (Lipinski definition) is 4. The summed E-state index contributed by atoms with van der Waals surface area (Å²) in [7, 11) is 0. The lowest BCUT2D eigenvalue weighted by Crippen LogP contribution is -2.22. The third-order valence-corrected chi connectivity index (χ3v) is 3.63. The van der Waals surface area contributed by atoms with Crippen LogP contribution < -0.4 is 4.90 Å². The second-order valence-corrected chi connectivity index (χ2v) is 4.64. The summed E-state index contributed by atoms with van der Waals surface area (Å²) in [6, 6.07) is 5.99. The summed E-state index contributed by atoms with van der Waals surface area (Å²) in [5.74, 6) is 3.58. The summed E-state index contributed by atoms with van der Waals surface area (Å²) in [5.41, 5.74) is 1.03. The molecule has 1 aliphatic heterocycles. The lowest BCUT2D eigenvalue weighted by atomic mass is 10.3. The van der Waals surface area contributed by atoms with Crippen LogP contribution in [0.4, 0.5) is 11.5 Å². The third-order valence-electron chi connectivity index (χ3n) is 2.53. The zero-order valence-corrected chi connectivity index (χ0v) is 9.81. The van der Waals surface area contributed by atoms with Crippen LogP contribution in [0.1, 0.15) is 0 Å². The van der Waals surface area contributed by atoms with Crippen molar-refractivity contribution in [3.05, 3.63) is 36.8 Å². The molecule has 0 amide bonds. The maximum Gasteiger partial charge on any atom is 0.147 e. The first-order valence-electron chi connectivity index (χ1n) is 5.18. The summed E-state index contributed by atoms with van der Waals surface area (Å²) in [6.45, 7) is 0.503. The van der Waals surface area contributed by atoms with Crippen molar-refractivity contribution in [1.29, 1.82) is 0 Å². The fraction of sp³-hybridized carbons (Fsp3) is 0.0769. The van der Waals surface area contributed by atoms with E-state index in [0.717, 1.165) is 21.3 Å². The molecule has 0 fully saturated rings. The Bertz CT molecular complexity index is 558. The van der Waals surface area contributed by atoms with Gasteiger partial charge in [0.25, 0.3) is 0 Å². The molecule has 0 radical (unpaired) electrons. The predicted molar refractivity (Wildman–Crippen MR) is 68.4 cm³/mol. The van der Waals surface area contributed by atoms with Gasteiger partial charge in [-0.05, 0) is 18.2 Å². The highest BCUT2D eigenvalue weighted by molar-refractivity contribution is 7.99. The summed E-state index contributed by atoms with van der Waals surface area (Å²) < 4.78 is 0. The minimum Gasteiger partial charge on any atom is -0.311 e. The van der Waals surface area contributed by atoms with Crippen LogP contribution in [0.2, 0.25) is 0 Å². The monoisotopic (exact) mass is 239 g/mol. The second-order valence-electron chi connectivity index (χ2n) is 3.56. The number of hydrogen-bond donors (Lipinski definition) is 0. The Kier molecular flexibility index (Phi) is 2.46. The van der Waals surface area contributed by atoms with Crippen molar-refractivity contribution in [2.45, 2.75) is 9.79 Å². The Morgan fingerprint density at radius 3 is 3.12 bits per heavy atom. The minimum absolute atomic E-state index is 0.503. The smallest absolute Gasteiger partial charge is 0.147 e. The van der Waals surface area contributed by atoms with Gasteiger partial charge < -0.3 is 4.90 Å². The van der Waals surface area contributed by atoms with Gasteiger partial charge in [0.15, 0.2) is 0 Å². The quantitative estimate of drug-likeness (QED) is 0.715. The highest BCUT2D eigenvalue weighted by Gasteiger charge is 2.23. The topological polar surface area (TPSA) is 29.0 Å². The van der Waals surface area contributed by atoms with Gasteiger partial charge in [0.05, 0.1) is 23.3 Å². The van der Waals surface area contributed by atoms with E-state index >= 15 is 0 Å². The largest absolute Gasteiger partial charge is 0.311 e. The van der Waals surface area contributed by atoms with E-state index in [1.165, 1.54) is 0 Å². The number of anilines is 2. The zero-order valence-electron chi connectivity index (χ0n) is 9.00.